The van der Waals surface area contributed by atoms with Gasteiger partial charge in [-0.1, -0.05) is 19.9 Å². The number of anilines is 1. The van der Waals surface area contributed by atoms with Crippen molar-refractivity contribution in [3.63, 3.8) is 0 Å². The number of nitrogens with zero attached hydrogens (tertiary/aromatic N) is 1. The van der Waals surface area contributed by atoms with Crippen LogP contribution < -0.4 is 19.5 Å². The van der Waals surface area contributed by atoms with Gasteiger partial charge in [0.05, 0.1) is 31.9 Å². The third-order valence-electron chi connectivity index (χ3n) is 4.88. The van der Waals surface area contributed by atoms with E-state index in [4.69, 9.17) is 14.2 Å². The molecule has 0 unspecified atom stereocenters. The molecule has 2 rings (SSSR count). The highest BCUT2D eigenvalue weighted by Gasteiger charge is 2.23. The molecule has 1 amide bonds. The number of hydrogen-bond acceptors (Lipinski definition) is 6. The Balaban J connectivity index is 2.17. The van der Waals surface area contributed by atoms with Gasteiger partial charge in [0.1, 0.15) is 5.75 Å². The van der Waals surface area contributed by atoms with Crippen LogP contribution in [0, 0.1) is 0 Å². The Morgan fingerprint density at radius 3 is 2.10 bits per heavy atom. The van der Waals surface area contributed by atoms with Crippen molar-refractivity contribution in [2.24, 2.45) is 0 Å². The molecule has 0 spiro atoms. The van der Waals surface area contributed by atoms with Crippen molar-refractivity contribution < 1.29 is 27.4 Å². The summed E-state index contributed by atoms with van der Waals surface area (Å²) in [5.74, 6) is 1.34. The van der Waals surface area contributed by atoms with Crippen molar-refractivity contribution in [3.05, 3.63) is 42.0 Å². The number of hydrogen-bond donors (Lipinski definition) is 1. The van der Waals surface area contributed by atoms with Gasteiger partial charge >= 0.3 is 0 Å². The van der Waals surface area contributed by atoms with Gasteiger partial charge in [-0.05, 0) is 42.3 Å². The topological polar surface area (TPSA) is 94.2 Å². The van der Waals surface area contributed by atoms with E-state index in [0.29, 0.717) is 42.4 Å². The van der Waals surface area contributed by atoms with E-state index in [2.05, 4.69) is 5.32 Å². The zero-order valence-corrected chi connectivity index (χ0v) is 19.4. The standard InChI is InChI=1S/C22H30N2O6S/c1-6-24(7-2)31(26,27)17-10-12-19(28-3)18(15-17)23-22(25)13-9-16-8-11-20(29-4)21(14-16)30-5/h8,10-12,14-15H,6-7,9,13H2,1-5H3,(H,23,25). The number of sulfonamides is 1. The summed E-state index contributed by atoms with van der Waals surface area (Å²) >= 11 is 0. The number of aryl methyl sites for hydroxylation is 1. The normalized spacial score (nSPS) is 11.3. The summed E-state index contributed by atoms with van der Waals surface area (Å²) < 4.78 is 42.8. The van der Waals surface area contributed by atoms with Gasteiger partial charge in [0.25, 0.3) is 0 Å². The lowest BCUT2D eigenvalue weighted by atomic mass is 10.1. The van der Waals surface area contributed by atoms with Crippen molar-refractivity contribution in [2.75, 3.05) is 39.7 Å². The van der Waals surface area contributed by atoms with Crippen molar-refractivity contribution in [1.29, 1.82) is 0 Å². The molecule has 0 saturated carbocycles. The van der Waals surface area contributed by atoms with E-state index in [9.17, 15) is 13.2 Å². The molecule has 0 aliphatic rings. The smallest absolute Gasteiger partial charge is 0.243 e. The molecule has 0 aliphatic carbocycles. The van der Waals surface area contributed by atoms with Crippen LogP contribution in [0.1, 0.15) is 25.8 Å². The Hall–Kier alpha value is -2.78. The van der Waals surface area contributed by atoms with Gasteiger partial charge in [0.2, 0.25) is 15.9 Å². The van der Waals surface area contributed by atoms with Gasteiger partial charge in [-0.3, -0.25) is 4.79 Å². The molecular weight excluding hydrogens is 420 g/mol. The lowest BCUT2D eigenvalue weighted by molar-refractivity contribution is -0.116. The van der Waals surface area contributed by atoms with Crippen molar-refractivity contribution >= 4 is 21.6 Å². The first kappa shape index (κ1) is 24.5. The summed E-state index contributed by atoms with van der Waals surface area (Å²) in [6.07, 6.45) is 0.678. The van der Waals surface area contributed by atoms with Crippen LogP contribution >= 0.6 is 0 Å². The highest BCUT2D eigenvalue weighted by molar-refractivity contribution is 7.89. The second-order valence-corrected chi connectivity index (χ2v) is 8.63. The lowest BCUT2D eigenvalue weighted by Gasteiger charge is -2.19. The van der Waals surface area contributed by atoms with E-state index >= 15 is 0 Å². The second kappa shape index (κ2) is 11.0. The molecule has 0 radical (unpaired) electrons. The Morgan fingerprint density at radius 2 is 1.52 bits per heavy atom. The van der Waals surface area contributed by atoms with E-state index in [1.807, 2.05) is 12.1 Å². The van der Waals surface area contributed by atoms with Crippen LogP contribution in [0.5, 0.6) is 17.2 Å². The van der Waals surface area contributed by atoms with Crippen LogP contribution in [0.15, 0.2) is 41.3 Å². The molecule has 1 N–H and O–H groups in total. The average molecular weight is 451 g/mol. The highest BCUT2D eigenvalue weighted by atomic mass is 32.2. The average Bonchev–Trinajstić information content (AvgIpc) is 2.78. The van der Waals surface area contributed by atoms with Crippen LogP contribution in [0.4, 0.5) is 5.69 Å². The number of amides is 1. The fraction of sp³-hybridized carbons (Fsp3) is 0.409. The van der Waals surface area contributed by atoms with E-state index in [1.165, 1.54) is 23.5 Å². The summed E-state index contributed by atoms with van der Waals surface area (Å²) in [4.78, 5) is 12.7. The molecule has 2 aromatic rings. The predicted octanol–water partition coefficient (Wildman–Crippen LogP) is 3.31. The quantitative estimate of drug-likeness (QED) is 0.564. The lowest BCUT2D eigenvalue weighted by Crippen LogP contribution is -2.30. The minimum atomic E-state index is -3.65. The molecule has 170 valence electrons. The molecule has 0 saturated heterocycles. The van der Waals surface area contributed by atoms with Crippen LogP contribution in [0.2, 0.25) is 0 Å². The summed E-state index contributed by atoms with van der Waals surface area (Å²) in [5, 5.41) is 2.77. The van der Waals surface area contributed by atoms with E-state index in [-0.39, 0.29) is 17.2 Å². The minimum absolute atomic E-state index is 0.104. The summed E-state index contributed by atoms with van der Waals surface area (Å²) in [6.45, 7) is 4.28. The molecular formula is C22H30N2O6S. The summed E-state index contributed by atoms with van der Waals surface area (Å²) in [7, 11) is 0.930. The first-order chi connectivity index (χ1) is 14.8. The third kappa shape index (κ3) is 5.89. The van der Waals surface area contributed by atoms with Crippen LogP contribution in [0.25, 0.3) is 0 Å². The molecule has 0 heterocycles. The maximum atomic E-state index is 12.8. The van der Waals surface area contributed by atoms with Gasteiger partial charge < -0.3 is 19.5 Å². The van der Waals surface area contributed by atoms with Gasteiger partial charge in [0.15, 0.2) is 11.5 Å². The number of methoxy groups -OCH3 is 3. The Morgan fingerprint density at radius 1 is 0.903 bits per heavy atom. The van der Waals surface area contributed by atoms with Gasteiger partial charge in [-0.25, -0.2) is 8.42 Å². The van der Waals surface area contributed by atoms with Crippen LogP contribution in [-0.2, 0) is 21.2 Å². The molecule has 31 heavy (non-hydrogen) atoms. The molecule has 0 atom stereocenters. The minimum Gasteiger partial charge on any atom is -0.495 e. The second-order valence-electron chi connectivity index (χ2n) is 6.69. The number of rotatable bonds is 11. The Kier molecular flexibility index (Phi) is 8.70. The molecule has 9 heteroatoms. The SMILES string of the molecule is CCN(CC)S(=O)(=O)c1ccc(OC)c(NC(=O)CCc2ccc(OC)c(OC)c2)c1. The van der Waals surface area contributed by atoms with Gasteiger partial charge in [0, 0.05) is 19.5 Å². The Bertz CT molecular complexity index is 1000. The maximum Gasteiger partial charge on any atom is 0.243 e. The zero-order chi connectivity index (χ0) is 23.0. The molecule has 0 aliphatic heterocycles. The van der Waals surface area contributed by atoms with Crippen molar-refractivity contribution in [1.82, 2.24) is 4.31 Å². The fourth-order valence-electron chi connectivity index (χ4n) is 3.16. The van der Waals surface area contributed by atoms with Gasteiger partial charge in [-0.2, -0.15) is 4.31 Å². The van der Waals surface area contributed by atoms with Crippen LogP contribution in [-0.4, -0.2) is 53.0 Å². The fourth-order valence-corrected chi connectivity index (χ4v) is 4.65. The molecule has 0 fully saturated rings. The number of benzene rings is 2. The molecule has 2 aromatic carbocycles. The first-order valence-corrected chi connectivity index (χ1v) is 11.4. The monoisotopic (exact) mass is 450 g/mol. The number of ether oxygens (including phenoxy) is 3. The van der Waals surface area contributed by atoms with Crippen LogP contribution in [0.3, 0.4) is 0 Å². The largest absolute Gasteiger partial charge is 0.495 e. The third-order valence-corrected chi connectivity index (χ3v) is 6.92. The van der Waals surface area contributed by atoms with Crippen molar-refractivity contribution in [2.45, 2.75) is 31.6 Å². The van der Waals surface area contributed by atoms with Gasteiger partial charge in [-0.15, -0.1) is 0 Å². The predicted molar refractivity (Wildman–Crippen MR) is 120 cm³/mol. The van der Waals surface area contributed by atoms with E-state index in [0.717, 1.165) is 5.56 Å². The molecule has 0 aromatic heterocycles. The number of carbonyl (C=O) groups excluding carboxylic acids is 1. The molecule has 8 nitrogen and oxygen atoms in total. The highest BCUT2D eigenvalue weighted by Crippen LogP contribution is 2.30. The Labute approximate surface area is 184 Å². The zero-order valence-electron chi connectivity index (χ0n) is 18.6. The van der Waals surface area contributed by atoms with E-state index in [1.54, 1.807) is 40.2 Å². The van der Waals surface area contributed by atoms with E-state index < -0.39 is 10.0 Å². The first-order valence-electron chi connectivity index (χ1n) is 9.99. The number of carbonyl (C=O) groups is 1. The van der Waals surface area contributed by atoms with Crippen molar-refractivity contribution in [3.8, 4) is 17.2 Å². The number of nitrogens with one attached hydrogen (secondary N) is 1. The maximum absolute atomic E-state index is 12.8. The summed E-state index contributed by atoms with van der Waals surface area (Å²) in [6, 6.07) is 9.93. The summed E-state index contributed by atoms with van der Waals surface area (Å²) in [5.41, 5.74) is 1.23. The molecule has 0 bridgehead atoms.